The van der Waals surface area contributed by atoms with Crippen molar-refractivity contribution in [3.63, 3.8) is 0 Å². The van der Waals surface area contributed by atoms with E-state index in [1.54, 1.807) is 0 Å². The number of benzene rings is 1. The number of nitrogens with two attached hydrogens (primary N) is 1. The molecule has 1 saturated heterocycles. The second kappa shape index (κ2) is 8.40. The van der Waals surface area contributed by atoms with Gasteiger partial charge in [-0.05, 0) is 50.3 Å². The van der Waals surface area contributed by atoms with Crippen molar-refractivity contribution >= 4 is 0 Å². The van der Waals surface area contributed by atoms with E-state index >= 15 is 0 Å². The van der Waals surface area contributed by atoms with Crippen LogP contribution in [0.4, 0.5) is 0 Å². The molecule has 1 heterocycles. The quantitative estimate of drug-likeness (QED) is 0.837. The van der Waals surface area contributed by atoms with Crippen LogP contribution in [0.1, 0.15) is 38.7 Å². The zero-order chi connectivity index (χ0) is 15.1. The van der Waals surface area contributed by atoms with Crippen molar-refractivity contribution in [2.75, 3.05) is 26.2 Å². The summed E-state index contributed by atoms with van der Waals surface area (Å²) in [5.41, 5.74) is 7.14. The van der Waals surface area contributed by atoms with Crippen LogP contribution >= 0.6 is 0 Å². The fourth-order valence-corrected chi connectivity index (χ4v) is 2.91. The number of hydrogen-bond acceptors (Lipinski definition) is 3. The van der Waals surface area contributed by atoms with Crippen molar-refractivity contribution < 1.29 is 4.74 Å². The molecular weight excluding hydrogens is 260 g/mol. The van der Waals surface area contributed by atoms with Gasteiger partial charge in [0.1, 0.15) is 5.75 Å². The van der Waals surface area contributed by atoms with Gasteiger partial charge >= 0.3 is 0 Å². The molecule has 3 nitrogen and oxygen atoms in total. The van der Waals surface area contributed by atoms with Crippen molar-refractivity contribution in [1.82, 2.24) is 4.90 Å². The predicted molar refractivity (Wildman–Crippen MR) is 88.4 cm³/mol. The number of rotatable bonds is 7. The number of ether oxygens (including phenoxy) is 1. The van der Waals surface area contributed by atoms with Crippen molar-refractivity contribution in [3.8, 4) is 5.75 Å². The number of hydrogen-bond donors (Lipinski definition) is 1. The average molecular weight is 290 g/mol. The van der Waals surface area contributed by atoms with Gasteiger partial charge in [0.2, 0.25) is 0 Å². The lowest BCUT2D eigenvalue weighted by atomic mass is 9.98. The summed E-state index contributed by atoms with van der Waals surface area (Å²) >= 11 is 0. The van der Waals surface area contributed by atoms with Gasteiger partial charge in [-0.3, -0.25) is 4.90 Å². The van der Waals surface area contributed by atoms with E-state index in [9.17, 15) is 0 Å². The molecule has 0 radical (unpaired) electrons. The molecule has 3 heteroatoms. The van der Waals surface area contributed by atoms with E-state index in [2.05, 4.69) is 43.0 Å². The first-order valence-electron chi connectivity index (χ1n) is 8.32. The molecule has 0 aromatic heterocycles. The van der Waals surface area contributed by atoms with E-state index in [-0.39, 0.29) is 0 Å². The lowest BCUT2D eigenvalue weighted by Crippen LogP contribution is -2.37. The SMILES string of the molecule is CC(C)CCOc1ccccc1CN1CCCC(CN)C1. The normalized spacial score (nSPS) is 19.9. The highest BCUT2D eigenvalue weighted by Gasteiger charge is 2.19. The van der Waals surface area contributed by atoms with E-state index in [0.717, 1.165) is 38.4 Å². The minimum atomic E-state index is 0.660. The summed E-state index contributed by atoms with van der Waals surface area (Å²) in [6, 6.07) is 8.46. The number of piperidine rings is 1. The zero-order valence-electron chi connectivity index (χ0n) is 13.6. The highest BCUT2D eigenvalue weighted by Crippen LogP contribution is 2.23. The maximum atomic E-state index is 5.99. The summed E-state index contributed by atoms with van der Waals surface area (Å²) in [6.45, 7) is 9.36. The highest BCUT2D eigenvalue weighted by atomic mass is 16.5. The number of nitrogens with zero attached hydrogens (tertiary/aromatic N) is 1. The molecular formula is C18H30N2O. The summed E-state index contributed by atoms with van der Waals surface area (Å²) in [6.07, 6.45) is 3.64. The third-order valence-corrected chi connectivity index (χ3v) is 4.26. The smallest absolute Gasteiger partial charge is 0.123 e. The van der Waals surface area contributed by atoms with Crippen molar-refractivity contribution in [1.29, 1.82) is 0 Å². The zero-order valence-corrected chi connectivity index (χ0v) is 13.6. The molecule has 0 aliphatic carbocycles. The summed E-state index contributed by atoms with van der Waals surface area (Å²) < 4.78 is 5.99. The van der Waals surface area contributed by atoms with Gasteiger partial charge in [0.25, 0.3) is 0 Å². The van der Waals surface area contributed by atoms with Crippen LogP contribution in [0.2, 0.25) is 0 Å². The molecule has 0 bridgehead atoms. The molecule has 118 valence electrons. The Kier molecular flexibility index (Phi) is 6.52. The van der Waals surface area contributed by atoms with E-state index in [1.165, 1.54) is 24.9 Å². The molecule has 0 saturated carbocycles. The lowest BCUT2D eigenvalue weighted by Gasteiger charge is -2.32. The average Bonchev–Trinajstić information content (AvgIpc) is 2.49. The van der Waals surface area contributed by atoms with Crippen LogP contribution in [-0.4, -0.2) is 31.1 Å². The van der Waals surface area contributed by atoms with Crippen molar-refractivity contribution in [2.45, 2.75) is 39.7 Å². The van der Waals surface area contributed by atoms with Gasteiger partial charge < -0.3 is 10.5 Å². The molecule has 2 rings (SSSR count). The summed E-state index contributed by atoms with van der Waals surface area (Å²) in [7, 11) is 0. The molecule has 1 unspecified atom stereocenters. The van der Waals surface area contributed by atoms with Crippen LogP contribution < -0.4 is 10.5 Å². The molecule has 1 aromatic carbocycles. The van der Waals surface area contributed by atoms with E-state index < -0.39 is 0 Å². The molecule has 1 atom stereocenters. The van der Waals surface area contributed by atoms with Gasteiger partial charge in [-0.15, -0.1) is 0 Å². The number of likely N-dealkylation sites (tertiary alicyclic amines) is 1. The Hall–Kier alpha value is -1.06. The molecule has 2 N–H and O–H groups in total. The van der Waals surface area contributed by atoms with Gasteiger partial charge in [-0.25, -0.2) is 0 Å². The van der Waals surface area contributed by atoms with Crippen LogP contribution in [-0.2, 0) is 6.54 Å². The minimum absolute atomic E-state index is 0.660. The third-order valence-electron chi connectivity index (χ3n) is 4.26. The first-order valence-corrected chi connectivity index (χ1v) is 8.32. The molecule has 21 heavy (non-hydrogen) atoms. The maximum absolute atomic E-state index is 5.99. The summed E-state index contributed by atoms with van der Waals surface area (Å²) in [4.78, 5) is 2.52. The van der Waals surface area contributed by atoms with E-state index in [0.29, 0.717) is 11.8 Å². The van der Waals surface area contributed by atoms with Crippen molar-refractivity contribution in [3.05, 3.63) is 29.8 Å². The molecule has 1 aliphatic rings. The topological polar surface area (TPSA) is 38.5 Å². The fraction of sp³-hybridized carbons (Fsp3) is 0.667. The molecule has 1 fully saturated rings. The van der Waals surface area contributed by atoms with Crippen LogP contribution in [0, 0.1) is 11.8 Å². The molecule has 1 aromatic rings. The largest absolute Gasteiger partial charge is 0.493 e. The summed E-state index contributed by atoms with van der Waals surface area (Å²) in [5, 5.41) is 0. The van der Waals surface area contributed by atoms with Gasteiger partial charge in [0.05, 0.1) is 6.61 Å². The fourth-order valence-electron chi connectivity index (χ4n) is 2.91. The van der Waals surface area contributed by atoms with Crippen molar-refractivity contribution in [2.24, 2.45) is 17.6 Å². The number of para-hydroxylation sites is 1. The van der Waals surface area contributed by atoms with Crippen LogP contribution in [0.25, 0.3) is 0 Å². The summed E-state index contributed by atoms with van der Waals surface area (Å²) in [5.74, 6) is 2.39. The second-order valence-corrected chi connectivity index (χ2v) is 6.62. The van der Waals surface area contributed by atoms with Crippen LogP contribution in [0.5, 0.6) is 5.75 Å². The standard InChI is InChI=1S/C18H30N2O/c1-15(2)9-11-21-18-8-4-3-7-17(18)14-20-10-5-6-16(12-19)13-20/h3-4,7-8,15-16H,5-6,9-14,19H2,1-2H3. The predicted octanol–water partition coefficient (Wildman–Crippen LogP) is 3.28. The Labute approximate surface area is 129 Å². The van der Waals surface area contributed by atoms with Gasteiger partial charge in [-0.1, -0.05) is 32.0 Å². The minimum Gasteiger partial charge on any atom is -0.493 e. The third kappa shape index (κ3) is 5.33. The Morgan fingerprint density at radius 1 is 1.33 bits per heavy atom. The van der Waals surface area contributed by atoms with Crippen LogP contribution in [0.15, 0.2) is 24.3 Å². The maximum Gasteiger partial charge on any atom is 0.123 e. The second-order valence-electron chi connectivity index (χ2n) is 6.62. The van der Waals surface area contributed by atoms with Gasteiger partial charge in [0, 0.05) is 18.7 Å². The highest BCUT2D eigenvalue weighted by molar-refractivity contribution is 5.33. The first-order chi connectivity index (χ1) is 10.2. The Morgan fingerprint density at radius 3 is 2.90 bits per heavy atom. The lowest BCUT2D eigenvalue weighted by molar-refractivity contribution is 0.168. The van der Waals surface area contributed by atoms with E-state index in [1.807, 2.05) is 0 Å². The van der Waals surface area contributed by atoms with Crippen LogP contribution in [0.3, 0.4) is 0 Å². The molecule has 0 spiro atoms. The van der Waals surface area contributed by atoms with Gasteiger partial charge in [0.15, 0.2) is 0 Å². The Morgan fingerprint density at radius 2 is 2.14 bits per heavy atom. The van der Waals surface area contributed by atoms with Gasteiger partial charge in [-0.2, -0.15) is 0 Å². The molecule has 0 amide bonds. The van der Waals surface area contributed by atoms with E-state index in [4.69, 9.17) is 10.5 Å². The first kappa shape index (κ1) is 16.3. The Balaban J connectivity index is 1.92. The molecule has 1 aliphatic heterocycles. The monoisotopic (exact) mass is 290 g/mol. The Bertz CT molecular complexity index is 419.